The highest BCUT2D eigenvalue weighted by Gasteiger charge is 2.16. The van der Waals surface area contributed by atoms with E-state index in [1.54, 1.807) is 11.4 Å². The van der Waals surface area contributed by atoms with Crippen LogP contribution in [0.25, 0.3) is 0 Å². The van der Waals surface area contributed by atoms with E-state index in [0.29, 0.717) is 4.90 Å². The molecule has 0 aliphatic carbocycles. The number of hydrogen-bond donors (Lipinski definition) is 2. The largest absolute Gasteiger partial charge is 0.312 e. The number of nitrogens with one attached hydrogen (secondary N) is 2. The summed E-state index contributed by atoms with van der Waals surface area (Å²) in [4.78, 5) is 1.41. The molecule has 0 spiro atoms. The minimum Gasteiger partial charge on any atom is -0.312 e. The third-order valence-corrected chi connectivity index (χ3v) is 4.78. The second kappa shape index (κ2) is 6.49. The van der Waals surface area contributed by atoms with Gasteiger partial charge in [-0.2, -0.15) is 0 Å². The summed E-state index contributed by atoms with van der Waals surface area (Å²) in [5.74, 6) is 0. The smallest absolute Gasteiger partial charge is 0.241 e. The second-order valence-corrected chi connectivity index (χ2v) is 6.91. The van der Waals surface area contributed by atoms with Crippen molar-refractivity contribution in [1.29, 1.82) is 0 Å². The third kappa shape index (κ3) is 4.75. The van der Waals surface area contributed by atoms with Crippen molar-refractivity contribution in [3.63, 3.8) is 0 Å². The van der Waals surface area contributed by atoms with Crippen LogP contribution in [0, 0.1) is 0 Å². The minimum absolute atomic E-state index is 0.0819. The Labute approximate surface area is 107 Å². The lowest BCUT2D eigenvalue weighted by atomic mass is 10.4. The van der Waals surface area contributed by atoms with Crippen molar-refractivity contribution in [2.45, 2.75) is 44.7 Å². The molecule has 1 rings (SSSR count). The van der Waals surface area contributed by atoms with Crippen LogP contribution in [0.4, 0.5) is 0 Å². The maximum absolute atomic E-state index is 11.9. The predicted molar refractivity (Wildman–Crippen MR) is 71.8 cm³/mol. The lowest BCUT2D eigenvalue weighted by Gasteiger charge is -2.07. The number of thiophene rings is 1. The van der Waals surface area contributed by atoms with Crippen LogP contribution < -0.4 is 10.0 Å². The highest BCUT2D eigenvalue weighted by atomic mass is 32.2. The van der Waals surface area contributed by atoms with Crippen LogP contribution in [0.5, 0.6) is 0 Å². The molecule has 1 aromatic rings. The van der Waals surface area contributed by atoms with Gasteiger partial charge in [0.1, 0.15) is 0 Å². The molecule has 0 bridgehead atoms. The van der Waals surface area contributed by atoms with Gasteiger partial charge in [0.25, 0.3) is 0 Å². The molecule has 0 amide bonds. The van der Waals surface area contributed by atoms with E-state index in [-0.39, 0.29) is 6.04 Å². The first-order chi connectivity index (χ1) is 7.95. The van der Waals surface area contributed by atoms with E-state index in [9.17, 15) is 8.42 Å². The lowest BCUT2D eigenvalue weighted by Crippen LogP contribution is -2.29. The second-order valence-electron chi connectivity index (χ2n) is 4.20. The zero-order valence-electron chi connectivity index (χ0n) is 10.5. The van der Waals surface area contributed by atoms with Crippen LogP contribution >= 0.6 is 11.3 Å². The van der Waals surface area contributed by atoms with E-state index < -0.39 is 10.0 Å². The SMILES string of the molecule is CCCNCc1cc(S(=O)(=O)NC(C)C)cs1. The Morgan fingerprint density at radius 3 is 2.71 bits per heavy atom. The molecule has 1 aromatic heterocycles. The summed E-state index contributed by atoms with van der Waals surface area (Å²) in [5.41, 5.74) is 0. The quantitative estimate of drug-likeness (QED) is 0.748. The molecule has 98 valence electrons. The summed E-state index contributed by atoms with van der Waals surface area (Å²) in [6.07, 6.45) is 1.07. The Morgan fingerprint density at radius 2 is 2.12 bits per heavy atom. The topological polar surface area (TPSA) is 58.2 Å². The Bertz CT molecular complexity index is 438. The molecule has 6 heteroatoms. The Morgan fingerprint density at radius 1 is 1.41 bits per heavy atom. The fourth-order valence-corrected chi connectivity index (χ4v) is 3.86. The highest BCUT2D eigenvalue weighted by molar-refractivity contribution is 7.89. The van der Waals surface area contributed by atoms with Gasteiger partial charge in [-0.1, -0.05) is 6.92 Å². The van der Waals surface area contributed by atoms with Crippen molar-refractivity contribution >= 4 is 21.4 Å². The van der Waals surface area contributed by atoms with E-state index in [1.807, 2.05) is 13.8 Å². The van der Waals surface area contributed by atoms with Gasteiger partial charge in [-0.25, -0.2) is 13.1 Å². The fraction of sp³-hybridized carbons (Fsp3) is 0.636. The molecule has 0 unspecified atom stereocenters. The molecule has 17 heavy (non-hydrogen) atoms. The summed E-state index contributed by atoms with van der Waals surface area (Å²) in [5, 5.41) is 4.94. The molecule has 0 saturated heterocycles. The molecule has 0 fully saturated rings. The van der Waals surface area contributed by atoms with Crippen molar-refractivity contribution < 1.29 is 8.42 Å². The average Bonchev–Trinajstić information content (AvgIpc) is 2.65. The summed E-state index contributed by atoms with van der Waals surface area (Å²) in [6, 6.07) is 1.65. The molecular weight excluding hydrogens is 256 g/mol. The molecule has 4 nitrogen and oxygen atoms in total. The summed E-state index contributed by atoms with van der Waals surface area (Å²) < 4.78 is 26.3. The molecule has 0 aliphatic heterocycles. The number of rotatable bonds is 7. The maximum atomic E-state index is 11.9. The number of sulfonamides is 1. The van der Waals surface area contributed by atoms with Crippen molar-refractivity contribution in [2.75, 3.05) is 6.54 Å². The van der Waals surface area contributed by atoms with Gasteiger partial charge in [0.2, 0.25) is 10.0 Å². The fourth-order valence-electron chi connectivity index (χ4n) is 1.36. The zero-order valence-corrected chi connectivity index (χ0v) is 12.1. The van der Waals surface area contributed by atoms with E-state index in [4.69, 9.17) is 0 Å². The van der Waals surface area contributed by atoms with E-state index in [0.717, 1.165) is 24.4 Å². The van der Waals surface area contributed by atoms with E-state index in [2.05, 4.69) is 17.0 Å². The predicted octanol–water partition coefficient (Wildman–Crippen LogP) is 1.93. The normalized spacial score (nSPS) is 12.2. The van der Waals surface area contributed by atoms with Crippen LogP contribution in [0.2, 0.25) is 0 Å². The third-order valence-electron chi connectivity index (χ3n) is 2.06. The van der Waals surface area contributed by atoms with Gasteiger partial charge in [-0.05, 0) is 32.9 Å². The van der Waals surface area contributed by atoms with Crippen LogP contribution in [0.1, 0.15) is 32.1 Å². The summed E-state index contributed by atoms with van der Waals surface area (Å²) >= 11 is 1.47. The molecule has 1 heterocycles. The monoisotopic (exact) mass is 276 g/mol. The van der Waals surface area contributed by atoms with Crippen LogP contribution in [0.15, 0.2) is 16.3 Å². The van der Waals surface area contributed by atoms with Crippen LogP contribution in [-0.2, 0) is 16.6 Å². The van der Waals surface area contributed by atoms with Gasteiger partial charge < -0.3 is 5.32 Å². The average molecular weight is 276 g/mol. The maximum Gasteiger partial charge on any atom is 0.241 e. The summed E-state index contributed by atoms with van der Waals surface area (Å²) in [6.45, 7) is 7.41. The highest BCUT2D eigenvalue weighted by Crippen LogP contribution is 2.19. The molecule has 0 aromatic carbocycles. The molecular formula is C11H20N2O2S2. The molecule has 0 atom stereocenters. The van der Waals surface area contributed by atoms with Gasteiger partial charge in [-0.15, -0.1) is 11.3 Å². The van der Waals surface area contributed by atoms with Crippen molar-refractivity contribution in [2.24, 2.45) is 0 Å². The molecule has 0 radical (unpaired) electrons. The first-order valence-electron chi connectivity index (χ1n) is 5.76. The molecule has 0 aliphatic rings. The Hall–Kier alpha value is -0.430. The lowest BCUT2D eigenvalue weighted by molar-refractivity contribution is 0.570. The van der Waals surface area contributed by atoms with E-state index >= 15 is 0 Å². The van der Waals surface area contributed by atoms with Gasteiger partial charge in [0.05, 0.1) is 4.90 Å². The molecule has 0 saturated carbocycles. The van der Waals surface area contributed by atoms with Crippen molar-refractivity contribution in [1.82, 2.24) is 10.0 Å². The Kier molecular flexibility index (Phi) is 5.58. The van der Waals surface area contributed by atoms with Crippen molar-refractivity contribution in [3.05, 3.63) is 16.3 Å². The van der Waals surface area contributed by atoms with Gasteiger partial charge in [0.15, 0.2) is 0 Å². The standard InChI is InChI=1S/C11H20N2O2S2/c1-4-5-12-7-10-6-11(8-16-10)17(14,15)13-9(2)3/h6,8-9,12-13H,4-5,7H2,1-3H3. The zero-order chi connectivity index (χ0) is 12.9. The first kappa shape index (κ1) is 14.6. The van der Waals surface area contributed by atoms with Gasteiger partial charge >= 0.3 is 0 Å². The minimum atomic E-state index is -3.34. The van der Waals surface area contributed by atoms with Crippen molar-refractivity contribution in [3.8, 4) is 0 Å². The van der Waals surface area contributed by atoms with Gasteiger partial charge in [0, 0.05) is 22.8 Å². The van der Waals surface area contributed by atoms with Crippen LogP contribution in [-0.4, -0.2) is 21.0 Å². The Balaban J connectivity index is 2.67. The first-order valence-corrected chi connectivity index (χ1v) is 8.12. The van der Waals surface area contributed by atoms with Crippen LogP contribution in [0.3, 0.4) is 0 Å². The summed E-state index contributed by atoms with van der Waals surface area (Å²) in [7, 11) is -3.34. The number of hydrogen-bond acceptors (Lipinski definition) is 4. The van der Waals surface area contributed by atoms with E-state index in [1.165, 1.54) is 11.3 Å². The molecule has 2 N–H and O–H groups in total. The van der Waals surface area contributed by atoms with Gasteiger partial charge in [-0.3, -0.25) is 0 Å².